The number of benzene rings is 2. The van der Waals surface area contributed by atoms with Crippen molar-refractivity contribution in [2.45, 2.75) is 6.18 Å². The maximum absolute atomic E-state index is 13.6. The highest BCUT2D eigenvalue weighted by atomic mass is 35.5. The summed E-state index contributed by atoms with van der Waals surface area (Å²) in [5.74, 6) is -2.00. The van der Waals surface area contributed by atoms with E-state index in [1.807, 2.05) is 0 Å². The summed E-state index contributed by atoms with van der Waals surface area (Å²) in [7, 11) is 0. The molecule has 0 spiro atoms. The van der Waals surface area contributed by atoms with Crippen LogP contribution in [0.25, 0.3) is 0 Å². The van der Waals surface area contributed by atoms with Gasteiger partial charge in [-0.15, -0.1) is 0 Å². The van der Waals surface area contributed by atoms with E-state index in [1.54, 1.807) is 0 Å². The van der Waals surface area contributed by atoms with Crippen molar-refractivity contribution in [1.82, 2.24) is 0 Å². The molecule has 110 valence electrons. The summed E-state index contributed by atoms with van der Waals surface area (Å²) >= 11 is 11.5. The Labute approximate surface area is 127 Å². The summed E-state index contributed by atoms with van der Waals surface area (Å²) in [5, 5.41) is 0.186. The lowest BCUT2D eigenvalue weighted by Gasteiger charge is -2.10. The fourth-order valence-electron chi connectivity index (χ4n) is 1.69. The molecule has 2 aromatic carbocycles. The first-order chi connectivity index (χ1) is 9.70. The third kappa shape index (κ3) is 3.36. The molecule has 0 aliphatic rings. The number of carbonyl (C=O) groups excluding carboxylic acids is 1. The number of alkyl halides is 3. The molecule has 0 aliphatic heterocycles. The van der Waals surface area contributed by atoms with Gasteiger partial charge in [-0.3, -0.25) is 4.79 Å². The molecule has 7 heteroatoms. The van der Waals surface area contributed by atoms with Gasteiger partial charge in [-0.1, -0.05) is 23.2 Å². The van der Waals surface area contributed by atoms with E-state index in [1.165, 1.54) is 18.2 Å². The van der Waals surface area contributed by atoms with Gasteiger partial charge in [-0.2, -0.15) is 13.2 Å². The summed E-state index contributed by atoms with van der Waals surface area (Å²) in [4.78, 5) is 12.1. The Bertz CT molecular complexity index is 711. The van der Waals surface area contributed by atoms with E-state index in [2.05, 4.69) is 0 Å². The Balaban J connectivity index is 2.53. The van der Waals surface area contributed by atoms with Crippen LogP contribution < -0.4 is 0 Å². The molecule has 0 atom stereocenters. The maximum Gasteiger partial charge on any atom is 0.416 e. The van der Waals surface area contributed by atoms with Crippen molar-refractivity contribution >= 4 is 29.0 Å². The molecule has 2 aromatic rings. The fourth-order valence-corrected chi connectivity index (χ4v) is 2.19. The SMILES string of the molecule is O=C(c1cc(C(F)(F)F)ccc1F)c1ccc(Cl)cc1Cl. The zero-order chi connectivity index (χ0) is 15.8. The normalized spacial score (nSPS) is 11.5. The van der Waals surface area contributed by atoms with Gasteiger partial charge in [0.15, 0.2) is 5.78 Å². The Kier molecular flexibility index (Phi) is 4.25. The molecule has 0 saturated heterocycles. The lowest BCUT2D eigenvalue weighted by molar-refractivity contribution is -0.137. The molecule has 0 unspecified atom stereocenters. The summed E-state index contributed by atoms with van der Waals surface area (Å²) in [6.07, 6.45) is -4.67. The van der Waals surface area contributed by atoms with Gasteiger partial charge in [-0.05, 0) is 36.4 Å². The van der Waals surface area contributed by atoms with E-state index >= 15 is 0 Å². The molecule has 21 heavy (non-hydrogen) atoms. The summed E-state index contributed by atoms with van der Waals surface area (Å²) in [6, 6.07) is 5.44. The van der Waals surface area contributed by atoms with Crippen LogP contribution in [0.1, 0.15) is 21.5 Å². The van der Waals surface area contributed by atoms with Gasteiger partial charge in [-0.25, -0.2) is 4.39 Å². The molecular weight excluding hydrogens is 331 g/mol. The van der Waals surface area contributed by atoms with Gasteiger partial charge >= 0.3 is 6.18 Å². The first-order valence-corrected chi connectivity index (χ1v) is 6.32. The molecule has 2 rings (SSSR count). The van der Waals surface area contributed by atoms with Gasteiger partial charge in [0.1, 0.15) is 5.82 Å². The summed E-state index contributed by atoms with van der Waals surface area (Å²) in [5.41, 5.74) is -1.94. The molecule has 0 radical (unpaired) electrons. The van der Waals surface area contributed by atoms with E-state index in [-0.39, 0.29) is 15.6 Å². The number of carbonyl (C=O) groups is 1. The molecular formula is C14H6Cl2F4O. The third-order valence-corrected chi connectivity index (χ3v) is 3.26. The maximum atomic E-state index is 13.6. The van der Waals surface area contributed by atoms with Gasteiger partial charge in [0.05, 0.1) is 16.1 Å². The van der Waals surface area contributed by atoms with Crippen LogP contribution in [0.4, 0.5) is 17.6 Å². The molecule has 0 fully saturated rings. The average Bonchev–Trinajstić information content (AvgIpc) is 2.37. The topological polar surface area (TPSA) is 17.1 Å². The van der Waals surface area contributed by atoms with Crippen LogP contribution in [-0.4, -0.2) is 5.78 Å². The van der Waals surface area contributed by atoms with Crippen molar-refractivity contribution in [3.63, 3.8) is 0 Å². The molecule has 0 N–H and O–H groups in total. The molecule has 0 aliphatic carbocycles. The van der Waals surface area contributed by atoms with E-state index < -0.39 is 28.9 Å². The Morgan fingerprint density at radius 2 is 1.62 bits per heavy atom. The zero-order valence-corrected chi connectivity index (χ0v) is 11.7. The molecule has 0 bridgehead atoms. The van der Waals surface area contributed by atoms with E-state index in [0.717, 1.165) is 0 Å². The third-order valence-electron chi connectivity index (χ3n) is 2.71. The minimum absolute atomic E-state index is 0.0655. The number of hydrogen-bond donors (Lipinski definition) is 0. The highest BCUT2D eigenvalue weighted by molar-refractivity contribution is 6.37. The number of ketones is 1. The second-order valence-electron chi connectivity index (χ2n) is 4.15. The predicted molar refractivity (Wildman–Crippen MR) is 71.3 cm³/mol. The van der Waals surface area contributed by atoms with E-state index in [0.29, 0.717) is 18.2 Å². The lowest BCUT2D eigenvalue weighted by atomic mass is 10.0. The van der Waals surface area contributed by atoms with Crippen LogP contribution in [-0.2, 0) is 6.18 Å². The summed E-state index contributed by atoms with van der Waals surface area (Å²) < 4.78 is 51.5. The highest BCUT2D eigenvalue weighted by Gasteiger charge is 2.32. The van der Waals surface area contributed by atoms with Crippen molar-refractivity contribution in [3.05, 3.63) is 69.0 Å². The minimum atomic E-state index is -4.67. The van der Waals surface area contributed by atoms with E-state index in [9.17, 15) is 22.4 Å². The molecule has 1 nitrogen and oxygen atoms in total. The lowest BCUT2D eigenvalue weighted by Crippen LogP contribution is -2.10. The van der Waals surface area contributed by atoms with Crippen LogP contribution in [0.5, 0.6) is 0 Å². The Morgan fingerprint density at radius 3 is 2.19 bits per heavy atom. The van der Waals surface area contributed by atoms with Gasteiger partial charge in [0.25, 0.3) is 0 Å². The first-order valence-electron chi connectivity index (χ1n) is 5.56. The number of halogens is 6. The van der Waals surface area contributed by atoms with Crippen LogP contribution in [0.15, 0.2) is 36.4 Å². The van der Waals surface area contributed by atoms with Crippen molar-refractivity contribution in [3.8, 4) is 0 Å². The smallest absolute Gasteiger partial charge is 0.288 e. The van der Waals surface area contributed by atoms with Gasteiger partial charge in [0, 0.05) is 10.6 Å². The first kappa shape index (κ1) is 15.8. The minimum Gasteiger partial charge on any atom is -0.288 e. The molecule has 0 amide bonds. The predicted octanol–water partition coefficient (Wildman–Crippen LogP) is 5.38. The second kappa shape index (κ2) is 5.66. The molecule has 0 heterocycles. The molecule has 0 aromatic heterocycles. The fraction of sp³-hybridized carbons (Fsp3) is 0.0714. The quantitative estimate of drug-likeness (QED) is 0.531. The molecule has 0 saturated carbocycles. The van der Waals surface area contributed by atoms with Gasteiger partial charge < -0.3 is 0 Å². The average molecular weight is 337 g/mol. The summed E-state index contributed by atoms with van der Waals surface area (Å²) in [6.45, 7) is 0. The van der Waals surface area contributed by atoms with Crippen LogP contribution in [0, 0.1) is 5.82 Å². The standard InChI is InChI=1S/C14H6Cl2F4O/c15-8-2-3-9(11(16)6-8)13(21)10-5-7(14(18,19)20)1-4-12(10)17/h1-6H. The van der Waals surface area contributed by atoms with Gasteiger partial charge in [0.2, 0.25) is 0 Å². The van der Waals surface area contributed by atoms with E-state index in [4.69, 9.17) is 23.2 Å². The Hall–Kier alpha value is -1.59. The van der Waals surface area contributed by atoms with Crippen molar-refractivity contribution in [1.29, 1.82) is 0 Å². The van der Waals surface area contributed by atoms with Crippen molar-refractivity contribution in [2.75, 3.05) is 0 Å². The zero-order valence-electron chi connectivity index (χ0n) is 10.1. The van der Waals surface area contributed by atoms with Crippen LogP contribution >= 0.6 is 23.2 Å². The Morgan fingerprint density at radius 1 is 0.952 bits per heavy atom. The second-order valence-corrected chi connectivity index (χ2v) is 4.99. The monoisotopic (exact) mass is 336 g/mol. The highest BCUT2D eigenvalue weighted by Crippen LogP contribution is 2.31. The van der Waals surface area contributed by atoms with Crippen molar-refractivity contribution in [2.24, 2.45) is 0 Å². The number of hydrogen-bond acceptors (Lipinski definition) is 1. The van der Waals surface area contributed by atoms with Crippen molar-refractivity contribution < 1.29 is 22.4 Å². The van der Waals surface area contributed by atoms with Crippen LogP contribution in [0.3, 0.4) is 0 Å². The largest absolute Gasteiger partial charge is 0.416 e. The van der Waals surface area contributed by atoms with Crippen LogP contribution in [0.2, 0.25) is 10.0 Å². The number of rotatable bonds is 2.